The molecule has 7 nitrogen and oxygen atoms in total. The monoisotopic (exact) mass is 465 g/mol. The van der Waals surface area contributed by atoms with E-state index < -0.39 is 24.9 Å². The number of amides is 1. The van der Waals surface area contributed by atoms with Crippen LogP contribution in [0.3, 0.4) is 0 Å². The van der Waals surface area contributed by atoms with E-state index in [1.807, 2.05) is 6.20 Å². The number of carbonyl (C=O) groups excluding carboxylic acids is 1. The molecule has 0 atom stereocenters. The van der Waals surface area contributed by atoms with Gasteiger partial charge >= 0.3 is 13.2 Å². The van der Waals surface area contributed by atoms with Gasteiger partial charge in [0.1, 0.15) is 23.9 Å². The average molecular weight is 465 g/mol. The van der Waals surface area contributed by atoms with Gasteiger partial charge in [0, 0.05) is 41.9 Å². The Bertz CT molecular complexity index is 1080. The summed E-state index contributed by atoms with van der Waals surface area (Å²) in [6.07, 6.45) is 5.78. The van der Waals surface area contributed by atoms with Crippen LogP contribution in [0.15, 0.2) is 67.0 Å². The third-order valence-corrected chi connectivity index (χ3v) is 4.09. The Morgan fingerprint density at radius 1 is 1.03 bits per heavy atom. The van der Waals surface area contributed by atoms with Crippen molar-refractivity contribution in [2.45, 2.75) is 19.8 Å². The van der Waals surface area contributed by atoms with E-state index >= 15 is 0 Å². The van der Waals surface area contributed by atoms with E-state index in [4.69, 9.17) is 4.74 Å². The minimum absolute atomic E-state index is 0.0720. The van der Waals surface area contributed by atoms with Crippen molar-refractivity contribution in [1.29, 1.82) is 0 Å². The number of hydrogen-bond acceptors (Lipinski definition) is 5. The number of halogens is 4. The van der Waals surface area contributed by atoms with Crippen molar-refractivity contribution in [3.63, 3.8) is 0 Å². The molecule has 0 aliphatic rings. The number of benzene rings is 2. The van der Waals surface area contributed by atoms with Gasteiger partial charge in [-0.1, -0.05) is 6.07 Å². The second kappa shape index (κ2) is 11.6. The molecular formula is C22H19F4N3O4. The summed E-state index contributed by atoms with van der Waals surface area (Å²) in [5.74, 6) is -0.794. The Morgan fingerprint density at radius 2 is 1.85 bits per heavy atom. The normalized spacial score (nSPS) is 11.2. The smallest absolute Gasteiger partial charge is 0.387 e. The summed E-state index contributed by atoms with van der Waals surface area (Å²) in [4.78, 5) is 12.2. The minimum Gasteiger partial charge on any atom is -0.492 e. The largest absolute Gasteiger partial charge is 0.492 e. The first kappa shape index (κ1) is 23.6. The molecule has 1 N–H and O–H groups in total. The first-order valence-electron chi connectivity index (χ1n) is 9.62. The molecule has 0 saturated carbocycles. The first-order chi connectivity index (χ1) is 15.9. The Labute approximate surface area is 186 Å². The molecule has 0 aliphatic carbocycles. The van der Waals surface area contributed by atoms with Crippen molar-refractivity contribution in [2.24, 2.45) is 0 Å². The topological polar surface area (TPSA) is 74.6 Å². The Hall–Kier alpha value is -4.02. The van der Waals surface area contributed by atoms with Gasteiger partial charge in [-0.25, -0.2) is 0 Å². The second-order valence-corrected chi connectivity index (χ2v) is 6.42. The molecule has 1 aromatic heterocycles. The standard InChI is InChI=1S/C22H19F4N3O4/c23-21(24)32-18-7-5-15(19(14-18)33-22(25)26)6-8-20(30)28-16-3-1-4-17(13-16)31-12-11-29-10-2-9-27-29/h1-10,13-14,21-22H,11-12H2,(H,28,30). The summed E-state index contributed by atoms with van der Waals surface area (Å²) in [5, 5.41) is 6.69. The Balaban J connectivity index is 1.61. The highest BCUT2D eigenvalue weighted by Crippen LogP contribution is 2.28. The molecular weight excluding hydrogens is 446 g/mol. The molecule has 3 aromatic rings. The van der Waals surface area contributed by atoms with Gasteiger partial charge in [-0.15, -0.1) is 0 Å². The third kappa shape index (κ3) is 7.87. The first-order valence-corrected chi connectivity index (χ1v) is 9.62. The number of anilines is 1. The molecule has 0 bridgehead atoms. The van der Waals surface area contributed by atoms with E-state index in [0.717, 1.165) is 18.2 Å². The fraction of sp³-hybridized carbons (Fsp3) is 0.182. The van der Waals surface area contributed by atoms with Gasteiger partial charge in [0.15, 0.2) is 0 Å². The molecule has 11 heteroatoms. The van der Waals surface area contributed by atoms with Crippen LogP contribution in [0.25, 0.3) is 6.08 Å². The number of hydrogen-bond donors (Lipinski definition) is 1. The highest BCUT2D eigenvalue weighted by Gasteiger charge is 2.12. The number of aromatic nitrogens is 2. The summed E-state index contributed by atoms with van der Waals surface area (Å²) < 4.78 is 65.9. The van der Waals surface area contributed by atoms with Gasteiger partial charge in [-0.05, 0) is 36.4 Å². The lowest BCUT2D eigenvalue weighted by Gasteiger charge is -2.11. The molecule has 2 aromatic carbocycles. The summed E-state index contributed by atoms with van der Waals surface area (Å²) in [7, 11) is 0. The predicted molar refractivity (Wildman–Crippen MR) is 112 cm³/mol. The molecule has 0 fully saturated rings. The lowest BCUT2D eigenvalue weighted by atomic mass is 10.1. The number of carbonyl (C=O) groups is 1. The highest BCUT2D eigenvalue weighted by atomic mass is 19.3. The van der Waals surface area contributed by atoms with Crippen LogP contribution < -0.4 is 19.5 Å². The zero-order valence-corrected chi connectivity index (χ0v) is 17.0. The molecule has 0 radical (unpaired) electrons. The van der Waals surface area contributed by atoms with Gasteiger partial charge < -0.3 is 19.5 Å². The lowest BCUT2D eigenvalue weighted by Crippen LogP contribution is -2.10. The van der Waals surface area contributed by atoms with Crippen molar-refractivity contribution in [3.05, 3.63) is 72.6 Å². The maximum atomic E-state index is 12.7. The highest BCUT2D eigenvalue weighted by molar-refractivity contribution is 6.02. The van der Waals surface area contributed by atoms with Crippen molar-refractivity contribution < 1.29 is 36.6 Å². The molecule has 1 amide bonds. The zero-order chi connectivity index (χ0) is 23.6. The van der Waals surface area contributed by atoms with Crippen LogP contribution >= 0.6 is 0 Å². The number of nitrogens with one attached hydrogen (secondary N) is 1. The molecule has 0 saturated heterocycles. The summed E-state index contributed by atoms with van der Waals surface area (Å²) in [6, 6.07) is 11.7. The number of ether oxygens (including phenoxy) is 3. The second-order valence-electron chi connectivity index (χ2n) is 6.42. The summed E-state index contributed by atoms with van der Waals surface area (Å²) >= 11 is 0. The molecule has 33 heavy (non-hydrogen) atoms. The van der Waals surface area contributed by atoms with E-state index in [1.165, 1.54) is 12.1 Å². The van der Waals surface area contributed by atoms with Crippen molar-refractivity contribution >= 4 is 17.7 Å². The molecule has 1 heterocycles. The third-order valence-electron chi connectivity index (χ3n) is 4.09. The lowest BCUT2D eigenvalue weighted by molar-refractivity contribution is -0.111. The average Bonchev–Trinajstić information content (AvgIpc) is 3.26. The fourth-order valence-corrected chi connectivity index (χ4v) is 2.73. The van der Waals surface area contributed by atoms with Gasteiger partial charge in [0.05, 0.1) is 6.54 Å². The van der Waals surface area contributed by atoms with Crippen LogP contribution in [0, 0.1) is 0 Å². The van der Waals surface area contributed by atoms with Crippen molar-refractivity contribution in [3.8, 4) is 17.2 Å². The SMILES string of the molecule is O=C(C=Cc1ccc(OC(F)F)cc1OC(F)F)Nc1cccc(OCCn2cccn2)c1. The van der Waals surface area contributed by atoms with E-state index in [2.05, 4.69) is 19.9 Å². The number of nitrogens with zero attached hydrogens (tertiary/aromatic N) is 2. The summed E-state index contributed by atoms with van der Waals surface area (Å²) in [5.41, 5.74) is 0.522. The Kier molecular flexibility index (Phi) is 8.28. The fourth-order valence-electron chi connectivity index (χ4n) is 2.73. The molecule has 0 spiro atoms. The minimum atomic E-state index is -3.19. The van der Waals surface area contributed by atoms with Crippen LogP contribution in [0.5, 0.6) is 17.2 Å². The van der Waals surface area contributed by atoms with Crippen LogP contribution in [0.4, 0.5) is 23.2 Å². The van der Waals surface area contributed by atoms with Gasteiger partial charge in [-0.3, -0.25) is 9.48 Å². The van der Waals surface area contributed by atoms with E-state index in [-0.39, 0.29) is 11.3 Å². The molecule has 3 rings (SSSR count). The number of rotatable bonds is 11. The molecule has 0 unspecified atom stereocenters. The Morgan fingerprint density at radius 3 is 2.58 bits per heavy atom. The van der Waals surface area contributed by atoms with Crippen LogP contribution in [-0.4, -0.2) is 35.5 Å². The van der Waals surface area contributed by atoms with Crippen LogP contribution in [-0.2, 0) is 11.3 Å². The van der Waals surface area contributed by atoms with Gasteiger partial charge in [0.25, 0.3) is 0 Å². The van der Waals surface area contributed by atoms with E-state index in [1.54, 1.807) is 41.2 Å². The summed E-state index contributed by atoms with van der Waals surface area (Å²) in [6.45, 7) is -5.39. The van der Waals surface area contributed by atoms with Gasteiger partial charge in [-0.2, -0.15) is 22.7 Å². The van der Waals surface area contributed by atoms with Gasteiger partial charge in [0.2, 0.25) is 5.91 Å². The van der Waals surface area contributed by atoms with E-state index in [9.17, 15) is 22.4 Å². The quantitative estimate of drug-likeness (QED) is 0.325. The van der Waals surface area contributed by atoms with Crippen molar-refractivity contribution in [2.75, 3.05) is 11.9 Å². The zero-order valence-electron chi connectivity index (χ0n) is 17.0. The maximum absolute atomic E-state index is 12.7. The van der Waals surface area contributed by atoms with Crippen LogP contribution in [0.1, 0.15) is 5.56 Å². The van der Waals surface area contributed by atoms with Crippen molar-refractivity contribution in [1.82, 2.24) is 9.78 Å². The van der Waals surface area contributed by atoms with E-state index in [0.29, 0.717) is 24.6 Å². The number of alkyl halides is 4. The molecule has 174 valence electrons. The van der Waals surface area contributed by atoms with Crippen LogP contribution in [0.2, 0.25) is 0 Å². The predicted octanol–water partition coefficient (Wildman–Crippen LogP) is 4.82. The molecule has 0 aliphatic heterocycles. The maximum Gasteiger partial charge on any atom is 0.387 e.